The molecule has 4 aliphatic heterocycles. The van der Waals surface area contributed by atoms with Crippen LogP contribution < -0.4 is 0 Å². The lowest BCUT2D eigenvalue weighted by atomic mass is 9.33. The van der Waals surface area contributed by atoms with Crippen molar-refractivity contribution >= 4 is 17.9 Å². The van der Waals surface area contributed by atoms with Crippen LogP contribution in [0.15, 0.2) is 11.6 Å². The number of ether oxygens (including phenoxy) is 10. The van der Waals surface area contributed by atoms with Crippen LogP contribution >= 0.6 is 0 Å². The summed E-state index contributed by atoms with van der Waals surface area (Å²) in [5.74, 6) is -1.81. The van der Waals surface area contributed by atoms with Gasteiger partial charge in [-0.1, -0.05) is 60.1 Å². The number of fused-ring (bicyclic) bond motifs is 7. The van der Waals surface area contributed by atoms with E-state index in [0.717, 1.165) is 32.1 Å². The van der Waals surface area contributed by atoms with E-state index in [-0.39, 0.29) is 39.4 Å². The molecule has 8 fully saturated rings. The molecule has 9 rings (SSSR count). The second kappa shape index (κ2) is 22.4. The molecular formula is C58H92O22. The molecule has 0 bridgehead atoms. The molecule has 4 saturated heterocycles. The Morgan fingerprint density at radius 1 is 0.550 bits per heavy atom. The first-order chi connectivity index (χ1) is 37.3. The molecule has 22 nitrogen and oxygen atoms in total. The molecule has 4 saturated carbocycles. The molecule has 0 amide bonds. The van der Waals surface area contributed by atoms with Crippen molar-refractivity contribution in [1.82, 2.24) is 0 Å². The molecule has 80 heavy (non-hydrogen) atoms. The molecule has 28 atom stereocenters. The first-order valence-electron chi connectivity index (χ1n) is 29.2. The highest BCUT2D eigenvalue weighted by Gasteiger charge is 2.70. The van der Waals surface area contributed by atoms with Gasteiger partial charge in [0.1, 0.15) is 54.9 Å². The van der Waals surface area contributed by atoms with E-state index in [9.17, 15) is 55.5 Å². The summed E-state index contributed by atoms with van der Waals surface area (Å²) in [6.45, 7) is 22.5. The summed E-state index contributed by atoms with van der Waals surface area (Å²) >= 11 is 0. The average Bonchev–Trinajstić information content (AvgIpc) is 3.38. The zero-order valence-corrected chi connectivity index (χ0v) is 48.5. The molecule has 0 aromatic carbocycles. The van der Waals surface area contributed by atoms with Crippen LogP contribution in [-0.4, -0.2) is 199 Å². The van der Waals surface area contributed by atoms with E-state index in [2.05, 4.69) is 54.5 Å². The highest BCUT2D eigenvalue weighted by atomic mass is 16.8. The summed E-state index contributed by atoms with van der Waals surface area (Å²) in [6.07, 6.45) is -19.8. The molecule has 9 N–H and O–H groups in total. The van der Waals surface area contributed by atoms with Gasteiger partial charge in [-0.15, -0.1) is 0 Å². The third kappa shape index (κ3) is 10.4. The van der Waals surface area contributed by atoms with Gasteiger partial charge in [-0.05, 0) is 130 Å². The van der Waals surface area contributed by atoms with Crippen molar-refractivity contribution in [2.75, 3.05) is 6.61 Å². The number of carbonyl (C=O) groups excluding carboxylic acids is 3. The highest BCUT2D eigenvalue weighted by molar-refractivity contribution is 5.79. The SMILES string of the molecule is CC(=O)OC1C(C)OC(OC2CCC3(C)C(CCC4(C)C3CC=C3C5CC(C)(C)CCC5(C(=O)OC5OC(CO)C(O)C(O)C5OC5OC(C)C(O)C(O)C5O)CCC34C)C2(C)C)C(OC2OC(C)C(O)C(O)C2O)C1OC(C)=O. The van der Waals surface area contributed by atoms with E-state index in [0.29, 0.717) is 32.1 Å². The van der Waals surface area contributed by atoms with Crippen LogP contribution in [0.25, 0.3) is 0 Å². The molecular weight excluding hydrogens is 1050 g/mol. The van der Waals surface area contributed by atoms with Gasteiger partial charge in [0, 0.05) is 13.8 Å². The molecule has 0 aromatic rings. The fourth-order valence-electron chi connectivity index (χ4n) is 17.0. The van der Waals surface area contributed by atoms with Gasteiger partial charge in [-0.25, -0.2) is 0 Å². The normalized spacial score (nSPS) is 51.7. The predicted molar refractivity (Wildman–Crippen MR) is 278 cm³/mol. The zero-order chi connectivity index (χ0) is 58.7. The largest absolute Gasteiger partial charge is 0.456 e. The minimum Gasteiger partial charge on any atom is -0.456 e. The van der Waals surface area contributed by atoms with Crippen LogP contribution in [0.3, 0.4) is 0 Å². The molecule has 22 heteroatoms. The maximum absolute atomic E-state index is 15.4. The smallest absolute Gasteiger partial charge is 0.315 e. The molecule has 4 heterocycles. The zero-order valence-electron chi connectivity index (χ0n) is 48.5. The van der Waals surface area contributed by atoms with Gasteiger partial charge in [-0.3, -0.25) is 14.4 Å². The van der Waals surface area contributed by atoms with Crippen molar-refractivity contribution in [2.45, 2.75) is 276 Å². The Balaban J connectivity index is 0.981. The maximum atomic E-state index is 15.4. The standard InChI is InChI=1S/C58H92O22/c1-25-36(62)39(65)42(68)48(71-25)78-45-41(67)38(64)32(24-59)76-50(45)80-52(70)58-21-19-53(6,7)23-31(58)30-13-14-34-55(10)17-16-35(54(8,9)33(55)15-18-57(34,12)56(30,11)20-22-58)77-51-47(79-49-43(69)40(66)37(63)26(2)72-49)46(75-29(5)61)44(27(3)73-51)74-28(4)60/h13,25-27,31-51,59,62-69H,14-24H2,1-12H3. The van der Waals surface area contributed by atoms with Crippen molar-refractivity contribution in [3.8, 4) is 0 Å². The molecule has 9 aliphatic rings. The minimum absolute atomic E-state index is 0.134. The number of rotatable bonds is 11. The fourth-order valence-corrected chi connectivity index (χ4v) is 17.0. The van der Waals surface area contributed by atoms with Crippen LogP contribution in [0.2, 0.25) is 0 Å². The van der Waals surface area contributed by atoms with Crippen LogP contribution in [0.4, 0.5) is 0 Å². The summed E-state index contributed by atoms with van der Waals surface area (Å²) < 4.78 is 61.5. The Morgan fingerprint density at radius 2 is 1.11 bits per heavy atom. The Kier molecular flexibility index (Phi) is 17.4. The molecule has 0 spiro atoms. The van der Waals surface area contributed by atoms with Gasteiger partial charge < -0.3 is 93.3 Å². The van der Waals surface area contributed by atoms with Crippen LogP contribution in [0.5, 0.6) is 0 Å². The van der Waals surface area contributed by atoms with Gasteiger partial charge in [0.25, 0.3) is 0 Å². The number of carbonyl (C=O) groups is 3. The van der Waals surface area contributed by atoms with E-state index in [1.807, 2.05) is 0 Å². The van der Waals surface area contributed by atoms with Crippen molar-refractivity contribution in [3.63, 3.8) is 0 Å². The highest BCUT2D eigenvalue weighted by Crippen LogP contribution is 2.76. The van der Waals surface area contributed by atoms with E-state index < -0.39 is 164 Å². The number of hydrogen-bond acceptors (Lipinski definition) is 22. The van der Waals surface area contributed by atoms with Crippen LogP contribution in [0.1, 0.15) is 147 Å². The van der Waals surface area contributed by atoms with Crippen LogP contribution in [-0.2, 0) is 61.8 Å². The van der Waals surface area contributed by atoms with Gasteiger partial charge in [0.05, 0.1) is 36.4 Å². The topological polar surface area (TPSA) is 326 Å². The number of hydrogen-bond donors (Lipinski definition) is 9. The lowest BCUT2D eigenvalue weighted by Gasteiger charge is -2.71. The van der Waals surface area contributed by atoms with E-state index >= 15 is 4.79 Å². The third-order valence-corrected chi connectivity index (χ3v) is 21.9. The van der Waals surface area contributed by atoms with Crippen molar-refractivity contribution in [1.29, 1.82) is 0 Å². The number of allylic oxidation sites excluding steroid dienone is 2. The summed E-state index contributed by atoms with van der Waals surface area (Å²) in [7, 11) is 0. The van der Waals surface area contributed by atoms with Gasteiger partial charge >= 0.3 is 17.9 Å². The Hall–Kier alpha value is -2.49. The fraction of sp³-hybridized carbons (Fsp3) is 0.914. The first-order valence-corrected chi connectivity index (χ1v) is 29.2. The van der Waals surface area contributed by atoms with E-state index in [1.165, 1.54) is 33.3 Å². The molecule has 28 unspecified atom stereocenters. The molecule has 5 aliphatic carbocycles. The average molecular weight is 1140 g/mol. The molecule has 456 valence electrons. The number of aliphatic hydroxyl groups is 9. The first kappa shape index (κ1) is 62.1. The minimum atomic E-state index is -1.78. The molecule has 0 aromatic heterocycles. The van der Waals surface area contributed by atoms with Gasteiger partial charge in [0.2, 0.25) is 6.29 Å². The molecule has 0 radical (unpaired) electrons. The quantitative estimate of drug-likeness (QED) is 0.0620. The Morgan fingerprint density at radius 3 is 1.70 bits per heavy atom. The van der Waals surface area contributed by atoms with E-state index in [1.54, 1.807) is 6.92 Å². The second-order valence-corrected chi connectivity index (χ2v) is 27.4. The van der Waals surface area contributed by atoms with Crippen molar-refractivity contribution in [3.05, 3.63) is 11.6 Å². The maximum Gasteiger partial charge on any atom is 0.315 e. The predicted octanol–water partition coefficient (Wildman–Crippen LogP) is 2.19. The van der Waals surface area contributed by atoms with Crippen molar-refractivity contribution < 1.29 is 108 Å². The number of aliphatic hydroxyl groups excluding tert-OH is 9. The Bertz CT molecular complexity index is 2300. The summed E-state index contributed by atoms with van der Waals surface area (Å²) in [5.41, 5.74) is -1.18. The summed E-state index contributed by atoms with van der Waals surface area (Å²) in [4.78, 5) is 40.6. The number of esters is 3. The summed E-state index contributed by atoms with van der Waals surface area (Å²) in [5, 5.41) is 96.9. The Labute approximate surface area is 469 Å². The van der Waals surface area contributed by atoms with Gasteiger partial charge in [-0.2, -0.15) is 0 Å². The monoisotopic (exact) mass is 1140 g/mol. The lowest BCUT2D eigenvalue weighted by Crippen LogP contribution is -2.67. The second-order valence-electron chi connectivity index (χ2n) is 27.4. The summed E-state index contributed by atoms with van der Waals surface area (Å²) in [6, 6.07) is 0. The lowest BCUT2D eigenvalue weighted by molar-refractivity contribution is -0.374. The third-order valence-electron chi connectivity index (χ3n) is 21.9. The van der Waals surface area contributed by atoms with Crippen molar-refractivity contribution in [2.24, 2.45) is 50.2 Å². The van der Waals surface area contributed by atoms with Crippen LogP contribution in [0, 0.1) is 50.2 Å². The van der Waals surface area contributed by atoms with Gasteiger partial charge in [0.15, 0.2) is 43.3 Å². The van der Waals surface area contributed by atoms with E-state index in [4.69, 9.17) is 47.4 Å².